The molecule has 0 aromatic heterocycles. The maximum atomic E-state index is 13.4. The molecule has 0 aliphatic heterocycles. The molecule has 1 N–H and O–H groups in total. The number of ether oxygens (including phenoxy) is 1. The van der Waals surface area contributed by atoms with Gasteiger partial charge in [-0.3, -0.25) is 0 Å². The SMILES string of the molecule is CCOc1ccc(CNCCC#N)cc1F. The van der Waals surface area contributed by atoms with Gasteiger partial charge in [0.15, 0.2) is 11.6 Å². The summed E-state index contributed by atoms with van der Waals surface area (Å²) in [6, 6.07) is 6.92. The maximum Gasteiger partial charge on any atom is 0.165 e. The summed E-state index contributed by atoms with van der Waals surface area (Å²) < 4.78 is 18.5. The van der Waals surface area contributed by atoms with E-state index in [0.717, 1.165) is 5.56 Å². The number of rotatable bonds is 6. The van der Waals surface area contributed by atoms with Gasteiger partial charge in [-0.05, 0) is 24.6 Å². The molecule has 1 rings (SSSR count). The van der Waals surface area contributed by atoms with Gasteiger partial charge in [-0.15, -0.1) is 0 Å². The molecule has 0 unspecified atom stereocenters. The van der Waals surface area contributed by atoms with E-state index in [1.165, 1.54) is 6.07 Å². The zero-order valence-electron chi connectivity index (χ0n) is 9.29. The lowest BCUT2D eigenvalue weighted by atomic mass is 10.2. The summed E-state index contributed by atoms with van der Waals surface area (Å²) in [6.07, 6.45) is 0.458. The minimum Gasteiger partial charge on any atom is -0.491 e. The Morgan fingerprint density at radius 2 is 2.31 bits per heavy atom. The summed E-state index contributed by atoms with van der Waals surface area (Å²) in [4.78, 5) is 0. The molecule has 1 aromatic carbocycles. The van der Waals surface area contributed by atoms with Crippen LogP contribution in [0.25, 0.3) is 0 Å². The molecule has 0 atom stereocenters. The van der Waals surface area contributed by atoms with Gasteiger partial charge in [-0.25, -0.2) is 4.39 Å². The fourth-order valence-electron chi connectivity index (χ4n) is 1.30. The smallest absolute Gasteiger partial charge is 0.165 e. The third-order valence-corrected chi connectivity index (χ3v) is 2.04. The molecule has 3 nitrogen and oxygen atoms in total. The first-order valence-corrected chi connectivity index (χ1v) is 5.26. The molecule has 0 amide bonds. The predicted molar refractivity (Wildman–Crippen MR) is 59.5 cm³/mol. The zero-order chi connectivity index (χ0) is 11.8. The average Bonchev–Trinajstić information content (AvgIpc) is 2.28. The quantitative estimate of drug-likeness (QED) is 0.751. The van der Waals surface area contributed by atoms with Crippen LogP contribution in [-0.4, -0.2) is 13.2 Å². The van der Waals surface area contributed by atoms with Crippen LogP contribution in [0.3, 0.4) is 0 Å². The summed E-state index contributed by atoms with van der Waals surface area (Å²) in [5.74, 6) is -0.0651. The second-order valence-corrected chi connectivity index (χ2v) is 3.28. The maximum absolute atomic E-state index is 13.4. The van der Waals surface area contributed by atoms with Gasteiger partial charge in [0.1, 0.15) is 0 Å². The molecule has 16 heavy (non-hydrogen) atoms. The number of halogens is 1. The highest BCUT2D eigenvalue weighted by atomic mass is 19.1. The fourth-order valence-corrected chi connectivity index (χ4v) is 1.30. The molecule has 0 bridgehead atoms. The van der Waals surface area contributed by atoms with Gasteiger partial charge in [0.25, 0.3) is 0 Å². The Hall–Kier alpha value is -1.60. The Labute approximate surface area is 94.8 Å². The van der Waals surface area contributed by atoms with Crippen molar-refractivity contribution in [2.24, 2.45) is 0 Å². The lowest BCUT2D eigenvalue weighted by molar-refractivity contribution is 0.321. The van der Waals surface area contributed by atoms with Gasteiger partial charge in [0, 0.05) is 19.5 Å². The van der Waals surface area contributed by atoms with Crippen molar-refractivity contribution in [1.82, 2.24) is 5.32 Å². The van der Waals surface area contributed by atoms with E-state index in [-0.39, 0.29) is 11.6 Å². The molecular weight excluding hydrogens is 207 g/mol. The number of nitriles is 1. The van der Waals surface area contributed by atoms with Crippen molar-refractivity contribution in [2.45, 2.75) is 19.9 Å². The van der Waals surface area contributed by atoms with Crippen LogP contribution in [0.4, 0.5) is 4.39 Å². The van der Waals surface area contributed by atoms with Crippen LogP contribution in [-0.2, 0) is 6.54 Å². The lowest BCUT2D eigenvalue weighted by Crippen LogP contribution is -2.14. The number of hydrogen-bond donors (Lipinski definition) is 1. The van der Waals surface area contributed by atoms with Crippen molar-refractivity contribution in [3.8, 4) is 11.8 Å². The molecule has 0 aliphatic carbocycles. The first-order valence-electron chi connectivity index (χ1n) is 5.26. The minimum atomic E-state index is -0.346. The third-order valence-electron chi connectivity index (χ3n) is 2.04. The van der Waals surface area contributed by atoms with E-state index in [4.69, 9.17) is 10.00 Å². The van der Waals surface area contributed by atoms with Gasteiger partial charge in [-0.1, -0.05) is 6.07 Å². The third kappa shape index (κ3) is 3.87. The van der Waals surface area contributed by atoms with Crippen LogP contribution in [0.15, 0.2) is 18.2 Å². The predicted octanol–water partition coefficient (Wildman–Crippen LogP) is 2.23. The molecule has 0 saturated heterocycles. The van der Waals surface area contributed by atoms with E-state index < -0.39 is 0 Å². The number of hydrogen-bond acceptors (Lipinski definition) is 3. The zero-order valence-corrected chi connectivity index (χ0v) is 9.29. The largest absolute Gasteiger partial charge is 0.491 e. The minimum absolute atomic E-state index is 0.281. The van der Waals surface area contributed by atoms with Gasteiger partial charge >= 0.3 is 0 Å². The second-order valence-electron chi connectivity index (χ2n) is 3.28. The van der Waals surface area contributed by atoms with Crippen LogP contribution in [0.2, 0.25) is 0 Å². The lowest BCUT2D eigenvalue weighted by Gasteiger charge is -2.07. The highest BCUT2D eigenvalue weighted by molar-refractivity contribution is 5.29. The van der Waals surface area contributed by atoms with Crippen molar-refractivity contribution >= 4 is 0 Å². The Morgan fingerprint density at radius 1 is 1.50 bits per heavy atom. The van der Waals surface area contributed by atoms with Crippen LogP contribution in [0, 0.1) is 17.1 Å². The topological polar surface area (TPSA) is 45.0 Å². The first kappa shape index (κ1) is 12.5. The normalized spacial score (nSPS) is 9.81. The van der Waals surface area contributed by atoms with Crippen LogP contribution < -0.4 is 10.1 Å². The van der Waals surface area contributed by atoms with Crippen molar-refractivity contribution < 1.29 is 9.13 Å². The van der Waals surface area contributed by atoms with Gasteiger partial charge in [-0.2, -0.15) is 5.26 Å². The van der Waals surface area contributed by atoms with E-state index in [0.29, 0.717) is 26.1 Å². The number of benzene rings is 1. The Kier molecular flexibility index (Phi) is 5.30. The molecule has 0 heterocycles. The van der Waals surface area contributed by atoms with E-state index in [1.54, 1.807) is 6.07 Å². The Bertz CT molecular complexity index is 374. The molecule has 0 fully saturated rings. The van der Waals surface area contributed by atoms with Crippen molar-refractivity contribution in [3.05, 3.63) is 29.6 Å². The molecule has 0 saturated carbocycles. The van der Waals surface area contributed by atoms with E-state index >= 15 is 0 Å². The Balaban J connectivity index is 2.50. The first-order chi connectivity index (χ1) is 7.77. The molecular formula is C12H15FN2O. The average molecular weight is 222 g/mol. The summed E-state index contributed by atoms with van der Waals surface area (Å²) in [5, 5.41) is 11.4. The van der Waals surface area contributed by atoms with E-state index in [9.17, 15) is 4.39 Å². The fraction of sp³-hybridized carbons (Fsp3) is 0.417. The number of nitrogens with zero attached hydrogens (tertiary/aromatic N) is 1. The number of nitrogens with one attached hydrogen (secondary N) is 1. The van der Waals surface area contributed by atoms with E-state index in [2.05, 4.69) is 5.32 Å². The van der Waals surface area contributed by atoms with Gasteiger partial charge in [0.05, 0.1) is 12.7 Å². The molecule has 0 radical (unpaired) electrons. The molecule has 0 spiro atoms. The van der Waals surface area contributed by atoms with Crippen molar-refractivity contribution in [1.29, 1.82) is 5.26 Å². The molecule has 4 heteroatoms. The summed E-state index contributed by atoms with van der Waals surface area (Å²) in [7, 11) is 0. The monoisotopic (exact) mass is 222 g/mol. The summed E-state index contributed by atoms with van der Waals surface area (Å²) >= 11 is 0. The van der Waals surface area contributed by atoms with Crippen LogP contribution in [0.5, 0.6) is 5.75 Å². The van der Waals surface area contributed by atoms with Gasteiger partial charge < -0.3 is 10.1 Å². The summed E-state index contributed by atoms with van der Waals surface area (Å²) in [5.41, 5.74) is 0.846. The van der Waals surface area contributed by atoms with Crippen molar-refractivity contribution in [2.75, 3.05) is 13.2 Å². The van der Waals surface area contributed by atoms with Gasteiger partial charge in [0.2, 0.25) is 0 Å². The second kappa shape index (κ2) is 6.81. The molecule has 86 valence electrons. The van der Waals surface area contributed by atoms with Crippen LogP contribution >= 0.6 is 0 Å². The van der Waals surface area contributed by atoms with E-state index in [1.807, 2.05) is 19.1 Å². The van der Waals surface area contributed by atoms with Crippen LogP contribution in [0.1, 0.15) is 18.9 Å². The molecule has 1 aromatic rings. The Morgan fingerprint density at radius 3 is 2.94 bits per heavy atom. The summed E-state index contributed by atoms with van der Waals surface area (Å²) in [6.45, 7) is 3.45. The highest BCUT2D eigenvalue weighted by Gasteiger charge is 2.03. The molecule has 0 aliphatic rings. The van der Waals surface area contributed by atoms with Crippen molar-refractivity contribution in [3.63, 3.8) is 0 Å². The highest BCUT2D eigenvalue weighted by Crippen LogP contribution is 2.18. The standard InChI is InChI=1S/C12H15FN2O/c1-2-16-12-5-4-10(8-11(12)13)9-15-7-3-6-14/h4-5,8,15H,2-3,7,9H2,1H3.